The number of rotatable bonds is 5. The van der Waals surface area contributed by atoms with Gasteiger partial charge in [0.1, 0.15) is 0 Å². The first-order valence-electron chi connectivity index (χ1n) is 8.71. The van der Waals surface area contributed by atoms with Crippen molar-refractivity contribution in [1.82, 2.24) is 10.1 Å². The van der Waals surface area contributed by atoms with Gasteiger partial charge < -0.3 is 9.26 Å². The van der Waals surface area contributed by atoms with Crippen molar-refractivity contribution < 1.29 is 14.1 Å². The SMILES string of the molecule is Cc1ccccc1-c1noc(COC(=O)Cc2cccc3ccccc23)n1. The van der Waals surface area contributed by atoms with Gasteiger partial charge in [-0.1, -0.05) is 71.9 Å². The average molecular weight is 358 g/mol. The summed E-state index contributed by atoms with van der Waals surface area (Å²) in [6.07, 6.45) is 0.195. The molecule has 0 aliphatic rings. The minimum atomic E-state index is -0.331. The van der Waals surface area contributed by atoms with Gasteiger partial charge in [-0.2, -0.15) is 4.98 Å². The molecule has 5 heteroatoms. The Bertz CT molecular complexity index is 1100. The third-order valence-corrected chi connectivity index (χ3v) is 4.43. The first-order valence-corrected chi connectivity index (χ1v) is 8.71. The van der Waals surface area contributed by atoms with Crippen molar-refractivity contribution in [3.63, 3.8) is 0 Å². The number of aryl methyl sites for hydroxylation is 1. The molecule has 0 amide bonds. The molecule has 0 aliphatic carbocycles. The van der Waals surface area contributed by atoms with E-state index in [9.17, 15) is 4.79 Å². The Morgan fingerprint density at radius 3 is 2.67 bits per heavy atom. The van der Waals surface area contributed by atoms with Gasteiger partial charge in [-0.05, 0) is 28.8 Å². The lowest BCUT2D eigenvalue weighted by molar-refractivity contribution is -0.144. The first-order chi connectivity index (χ1) is 13.2. The predicted molar refractivity (Wildman–Crippen MR) is 102 cm³/mol. The lowest BCUT2D eigenvalue weighted by atomic mass is 10.0. The van der Waals surface area contributed by atoms with Crippen LogP contribution in [0.2, 0.25) is 0 Å². The first kappa shape index (κ1) is 17.0. The predicted octanol–water partition coefficient (Wildman–Crippen LogP) is 4.48. The molecule has 0 saturated carbocycles. The van der Waals surface area contributed by atoms with Gasteiger partial charge in [-0.15, -0.1) is 0 Å². The van der Waals surface area contributed by atoms with Crippen LogP contribution >= 0.6 is 0 Å². The van der Waals surface area contributed by atoms with Crippen molar-refractivity contribution in [2.75, 3.05) is 0 Å². The molecule has 0 N–H and O–H groups in total. The molecular weight excluding hydrogens is 340 g/mol. The Morgan fingerprint density at radius 2 is 1.78 bits per heavy atom. The third-order valence-electron chi connectivity index (χ3n) is 4.43. The Kier molecular flexibility index (Phi) is 4.66. The fourth-order valence-electron chi connectivity index (χ4n) is 3.04. The summed E-state index contributed by atoms with van der Waals surface area (Å²) in [5, 5.41) is 6.12. The molecule has 1 aromatic heterocycles. The monoisotopic (exact) mass is 358 g/mol. The van der Waals surface area contributed by atoms with E-state index in [2.05, 4.69) is 10.1 Å². The molecule has 0 radical (unpaired) electrons. The number of hydrogen-bond acceptors (Lipinski definition) is 5. The van der Waals surface area contributed by atoms with Gasteiger partial charge in [0.15, 0.2) is 6.61 Å². The summed E-state index contributed by atoms with van der Waals surface area (Å²) >= 11 is 0. The number of fused-ring (bicyclic) bond motifs is 1. The molecule has 5 nitrogen and oxygen atoms in total. The fraction of sp³-hybridized carbons (Fsp3) is 0.136. The normalized spacial score (nSPS) is 10.9. The van der Waals surface area contributed by atoms with Crippen LogP contribution in [-0.2, 0) is 22.6 Å². The minimum Gasteiger partial charge on any atom is -0.455 e. The summed E-state index contributed by atoms with van der Waals surface area (Å²) in [5.41, 5.74) is 2.89. The number of carbonyl (C=O) groups is 1. The van der Waals surface area contributed by atoms with Crippen molar-refractivity contribution in [3.8, 4) is 11.4 Å². The summed E-state index contributed by atoms with van der Waals surface area (Å²) in [5.74, 6) is 0.440. The van der Waals surface area contributed by atoms with Crippen molar-refractivity contribution in [2.24, 2.45) is 0 Å². The summed E-state index contributed by atoms with van der Waals surface area (Å²) in [6, 6.07) is 21.7. The van der Waals surface area contributed by atoms with Crippen LogP contribution in [0.3, 0.4) is 0 Å². The third kappa shape index (κ3) is 3.72. The van der Waals surface area contributed by atoms with Gasteiger partial charge in [0.25, 0.3) is 5.89 Å². The van der Waals surface area contributed by atoms with E-state index in [0.29, 0.717) is 5.82 Å². The van der Waals surface area contributed by atoms with Gasteiger partial charge >= 0.3 is 5.97 Å². The topological polar surface area (TPSA) is 65.2 Å². The molecule has 0 saturated heterocycles. The molecule has 0 bridgehead atoms. The highest BCUT2D eigenvalue weighted by Gasteiger charge is 2.13. The second-order valence-corrected chi connectivity index (χ2v) is 6.30. The Morgan fingerprint density at radius 1 is 1.00 bits per heavy atom. The molecule has 27 heavy (non-hydrogen) atoms. The van der Waals surface area contributed by atoms with Crippen LogP contribution in [0.1, 0.15) is 17.0 Å². The molecule has 3 aromatic carbocycles. The highest BCUT2D eigenvalue weighted by molar-refractivity contribution is 5.88. The molecular formula is C22H18N2O3. The Balaban J connectivity index is 1.42. The molecule has 1 heterocycles. The highest BCUT2D eigenvalue weighted by atomic mass is 16.6. The molecule has 4 rings (SSSR count). The molecule has 4 aromatic rings. The minimum absolute atomic E-state index is 0.0392. The van der Waals surface area contributed by atoms with Gasteiger partial charge in [0.05, 0.1) is 6.42 Å². The number of nitrogens with zero attached hydrogens (tertiary/aromatic N) is 2. The quantitative estimate of drug-likeness (QED) is 0.492. The smallest absolute Gasteiger partial charge is 0.310 e. The standard InChI is InChI=1S/C22H18N2O3/c1-15-7-2-4-11-18(15)22-23-20(27-24-22)14-26-21(25)13-17-10-6-9-16-8-3-5-12-19(16)17/h2-12H,13-14H2,1H3. The molecule has 0 unspecified atom stereocenters. The number of esters is 1. The number of hydrogen-bond donors (Lipinski definition) is 0. The van der Waals surface area contributed by atoms with Gasteiger partial charge in [0.2, 0.25) is 5.82 Å². The van der Waals surface area contributed by atoms with Crippen LogP contribution in [0.15, 0.2) is 71.3 Å². The zero-order valence-electron chi connectivity index (χ0n) is 14.9. The fourth-order valence-corrected chi connectivity index (χ4v) is 3.04. The lowest BCUT2D eigenvalue weighted by Gasteiger charge is -2.06. The number of carbonyl (C=O) groups excluding carboxylic acids is 1. The molecule has 0 spiro atoms. The van der Waals surface area contributed by atoms with E-state index in [1.807, 2.05) is 73.7 Å². The van der Waals surface area contributed by atoms with E-state index in [0.717, 1.165) is 27.5 Å². The highest BCUT2D eigenvalue weighted by Crippen LogP contribution is 2.21. The van der Waals surface area contributed by atoms with Crippen LogP contribution in [0, 0.1) is 6.92 Å². The van der Waals surface area contributed by atoms with E-state index >= 15 is 0 Å². The lowest BCUT2D eigenvalue weighted by Crippen LogP contribution is -2.08. The summed E-state index contributed by atoms with van der Waals surface area (Å²) in [7, 11) is 0. The van der Waals surface area contributed by atoms with Crippen LogP contribution in [-0.4, -0.2) is 16.1 Å². The van der Waals surface area contributed by atoms with Gasteiger partial charge in [-0.25, -0.2) is 0 Å². The van der Waals surface area contributed by atoms with Crippen LogP contribution in [0.5, 0.6) is 0 Å². The van der Waals surface area contributed by atoms with Crippen molar-refractivity contribution in [1.29, 1.82) is 0 Å². The largest absolute Gasteiger partial charge is 0.455 e. The maximum atomic E-state index is 12.2. The summed E-state index contributed by atoms with van der Waals surface area (Å²) in [4.78, 5) is 16.6. The second-order valence-electron chi connectivity index (χ2n) is 6.30. The van der Waals surface area contributed by atoms with Crippen molar-refractivity contribution in [3.05, 3.63) is 83.7 Å². The van der Waals surface area contributed by atoms with Crippen LogP contribution in [0.25, 0.3) is 22.2 Å². The number of benzene rings is 3. The molecule has 134 valence electrons. The average Bonchev–Trinajstić information content (AvgIpc) is 3.16. The maximum absolute atomic E-state index is 12.2. The van der Waals surface area contributed by atoms with E-state index in [1.165, 1.54) is 0 Å². The Labute approximate surface area is 156 Å². The van der Waals surface area contributed by atoms with E-state index in [1.54, 1.807) is 0 Å². The second kappa shape index (κ2) is 7.41. The number of aromatic nitrogens is 2. The summed E-state index contributed by atoms with van der Waals surface area (Å²) < 4.78 is 10.5. The maximum Gasteiger partial charge on any atom is 0.310 e. The molecule has 0 atom stereocenters. The Hall–Kier alpha value is -3.47. The van der Waals surface area contributed by atoms with E-state index < -0.39 is 0 Å². The zero-order chi connectivity index (χ0) is 18.6. The van der Waals surface area contributed by atoms with Crippen molar-refractivity contribution >= 4 is 16.7 Å². The summed E-state index contributed by atoms with van der Waals surface area (Å²) in [6.45, 7) is 1.94. The molecule has 0 aliphatic heterocycles. The number of ether oxygens (including phenoxy) is 1. The van der Waals surface area contributed by atoms with Crippen LogP contribution in [0.4, 0.5) is 0 Å². The molecule has 0 fully saturated rings. The van der Waals surface area contributed by atoms with E-state index in [-0.39, 0.29) is 24.9 Å². The zero-order valence-corrected chi connectivity index (χ0v) is 14.9. The van der Waals surface area contributed by atoms with Crippen molar-refractivity contribution in [2.45, 2.75) is 20.0 Å². The van der Waals surface area contributed by atoms with Gasteiger partial charge in [0, 0.05) is 5.56 Å². The van der Waals surface area contributed by atoms with Crippen LogP contribution < -0.4 is 0 Å². The van der Waals surface area contributed by atoms with Gasteiger partial charge in [-0.3, -0.25) is 4.79 Å². The van der Waals surface area contributed by atoms with E-state index in [4.69, 9.17) is 9.26 Å².